The minimum absolute atomic E-state index is 0.0942. The number of fused-ring (bicyclic) bond motifs is 1. The summed E-state index contributed by atoms with van der Waals surface area (Å²) in [6.45, 7) is 2.94. The van der Waals surface area contributed by atoms with Crippen LogP contribution in [0.1, 0.15) is 19.8 Å². The third-order valence-electron chi connectivity index (χ3n) is 3.51. The Labute approximate surface area is 153 Å². The summed E-state index contributed by atoms with van der Waals surface area (Å²) in [5.41, 5.74) is 0.545. The molecular formula is C16H17N5O2S2. The quantitative estimate of drug-likeness (QED) is 0.518. The second-order valence-corrected chi connectivity index (χ2v) is 6.92. The zero-order valence-corrected chi connectivity index (χ0v) is 15.4. The first-order valence-corrected chi connectivity index (χ1v) is 9.61. The molecule has 25 heavy (non-hydrogen) atoms. The molecule has 0 atom stereocenters. The van der Waals surface area contributed by atoms with Crippen LogP contribution in [-0.4, -0.2) is 39.2 Å². The van der Waals surface area contributed by atoms with E-state index in [1.165, 1.54) is 28.0 Å². The third kappa shape index (κ3) is 4.59. The van der Waals surface area contributed by atoms with Gasteiger partial charge in [-0.3, -0.25) is 14.2 Å². The summed E-state index contributed by atoms with van der Waals surface area (Å²) in [7, 11) is 0. The SMILES string of the molecule is CCn1c(SCC(=O)N(CCC#N)CCC#N)nc2ccsc2c1=O. The lowest BCUT2D eigenvalue weighted by atomic mass is 10.3. The van der Waals surface area contributed by atoms with Gasteiger partial charge in [0.1, 0.15) is 4.70 Å². The highest BCUT2D eigenvalue weighted by Crippen LogP contribution is 2.21. The van der Waals surface area contributed by atoms with E-state index in [1.54, 1.807) is 10.6 Å². The molecule has 1 amide bonds. The van der Waals surface area contributed by atoms with Gasteiger partial charge < -0.3 is 4.90 Å². The Hall–Kier alpha value is -2.36. The van der Waals surface area contributed by atoms with Crippen molar-refractivity contribution in [1.82, 2.24) is 14.5 Å². The molecule has 0 spiro atoms. The van der Waals surface area contributed by atoms with Gasteiger partial charge in [-0.2, -0.15) is 10.5 Å². The van der Waals surface area contributed by atoms with E-state index in [2.05, 4.69) is 4.98 Å². The Morgan fingerprint density at radius 2 is 2.04 bits per heavy atom. The van der Waals surface area contributed by atoms with Crippen molar-refractivity contribution in [3.63, 3.8) is 0 Å². The fourth-order valence-electron chi connectivity index (χ4n) is 2.26. The zero-order chi connectivity index (χ0) is 18.2. The summed E-state index contributed by atoms with van der Waals surface area (Å²) in [5, 5.41) is 19.7. The van der Waals surface area contributed by atoms with Gasteiger partial charge in [0.15, 0.2) is 5.16 Å². The Morgan fingerprint density at radius 1 is 1.36 bits per heavy atom. The lowest BCUT2D eigenvalue weighted by Crippen LogP contribution is -2.34. The van der Waals surface area contributed by atoms with Crippen LogP contribution in [-0.2, 0) is 11.3 Å². The number of aromatic nitrogens is 2. The van der Waals surface area contributed by atoms with Crippen molar-refractivity contribution in [2.75, 3.05) is 18.8 Å². The summed E-state index contributed by atoms with van der Waals surface area (Å²) >= 11 is 2.56. The molecule has 130 valence electrons. The molecule has 0 N–H and O–H groups in total. The first kappa shape index (κ1) is 19.0. The molecule has 2 aromatic rings. The lowest BCUT2D eigenvalue weighted by Gasteiger charge is -2.20. The number of hydrogen-bond donors (Lipinski definition) is 0. The molecule has 0 aliphatic rings. The van der Waals surface area contributed by atoms with Crippen LogP contribution in [0.3, 0.4) is 0 Å². The van der Waals surface area contributed by atoms with E-state index in [0.717, 1.165) is 0 Å². The number of hydrogen-bond acceptors (Lipinski definition) is 7. The minimum Gasteiger partial charge on any atom is -0.340 e. The number of nitrogens with zero attached hydrogens (tertiary/aromatic N) is 5. The van der Waals surface area contributed by atoms with Crippen LogP contribution in [0.5, 0.6) is 0 Å². The number of thioether (sulfide) groups is 1. The average Bonchev–Trinajstić information content (AvgIpc) is 3.08. The molecule has 0 aliphatic heterocycles. The molecule has 0 saturated heterocycles. The van der Waals surface area contributed by atoms with Gasteiger partial charge in [-0.1, -0.05) is 11.8 Å². The Bertz CT molecular complexity index is 873. The van der Waals surface area contributed by atoms with Gasteiger partial charge in [0.05, 0.1) is 36.2 Å². The maximum absolute atomic E-state index is 12.5. The summed E-state index contributed by atoms with van der Waals surface area (Å²) in [4.78, 5) is 30.8. The first-order chi connectivity index (χ1) is 12.1. The summed E-state index contributed by atoms with van der Waals surface area (Å²) in [6.07, 6.45) is 0.446. The van der Waals surface area contributed by atoms with E-state index in [-0.39, 0.29) is 30.1 Å². The van der Waals surface area contributed by atoms with Crippen LogP contribution >= 0.6 is 23.1 Å². The summed E-state index contributed by atoms with van der Waals surface area (Å²) in [6, 6.07) is 5.80. The van der Waals surface area contributed by atoms with Crippen molar-refractivity contribution in [1.29, 1.82) is 10.5 Å². The van der Waals surface area contributed by atoms with Crippen LogP contribution in [0.4, 0.5) is 0 Å². The normalized spacial score (nSPS) is 10.4. The van der Waals surface area contributed by atoms with Crippen LogP contribution in [0.2, 0.25) is 0 Å². The molecule has 0 aliphatic carbocycles. The third-order valence-corrected chi connectivity index (χ3v) is 5.36. The molecule has 7 nitrogen and oxygen atoms in total. The Morgan fingerprint density at radius 3 is 2.64 bits per heavy atom. The molecule has 2 aromatic heterocycles. The van der Waals surface area contributed by atoms with E-state index in [4.69, 9.17) is 10.5 Å². The highest BCUT2D eigenvalue weighted by Gasteiger charge is 2.16. The summed E-state index contributed by atoms with van der Waals surface area (Å²) in [5.74, 6) is -0.0586. The standard InChI is InChI=1S/C16H17N5O2S2/c1-2-21-15(23)14-12(5-10-24-14)19-16(21)25-11-13(22)20(8-3-6-17)9-4-7-18/h5,10H,2-4,8-9,11H2,1H3. The van der Waals surface area contributed by atoms with Gasteiger partial charge in [0, 0.05) is 19.6 Å². The van der Waals surface area contributed by atoms with E-state index in [0.29, 0.717) is 35.0 Å². The molecule has 0 aromatic carbocycles. The fourth-order valence-corrected chi connectivity index (χ4v) is 4.01. The number of rotatable bonds is 8. The summed E-state index contributed by atoms with van der Waals surface area (Å²) < 4.78 is 2.17. The van der Waals surface area contributed by atoms with Crippen molar-refractivity contribution in [2.24, 2.45) is 0 Å². The van der Waals surface area contributed by atoms with E-state index < -0.39 is 0 Å². The number of thiophene rings is 1. The van der Waals surface area contributed by atoms with E-state index in [1.807, 2.05) is 24.4 Å². The van der Waals surface area contributed by atoms with Crippen LogP contribution in [0, 0.1) is 22.7 Å². The molecule has 2 rings (SSSR count). The Kier molecular flexibility index (Phi) is 6.99. The van der Waals surface area contributed by atoms with Crippen molar-refractivity contribution in [3.8, 4) is 12.1 Å². The molecule has 0 radical (unpaired) electrons. The maximum Gasteiger partial charge on any atom is 0.272 e. The lowest BCUT2D eigenvalue weighted by molar-refractivity contribution is -0.128. The second-order valence-electron chi connectivity index (χ2n) is 5.06. The fraction of sp³-hybridized carbons (Fsp3) is 0.438. The number of carbonyl (C=O) groups is 1. The highest BCUT2D eigenvalue weighted by molar-refractivity contribution is 7.99. The zero-order valence-electron chi connectivity index (χ0n) is 13.8. The number of amides is 1. The van der Waals surface area contributed by atoms with Gasteiger partial charge in [0.25, 0.3) is 5.56 Å². The predicted octanol–water partition coefficient (Wildman–Crippen LogP) is 2.23. The molecule has 0 saturated carbocycles. The molecule has 0 bridgehead atoms. The second kappa shape index (κ2) is 9.21. The Balaban J connectivity index is 2.15. The molecule has 9 heteroatoms. The average molecular weight is 375 g/mol. The molecule has 0 unspecified atom stereocenters. The van der Waals surface area contributed by atoms with Gasteiger partial charge in [-0.15, -0.1) is 11.3 Å². The van der Waals surface area contributed by atoms with Gasteiger partial charge in [0.2, 0.25) is 5.91 Å². The van der Waals surface area contributed by atoms with Crippen molar-refractivity contribution in [3.05, 3.63) is 21.8 Å². The van der Waals surface area contributed by atoms with Crippen LogP contribution in [0.25, 0.3) is 10.2 Å². The van der Waals surface area contributed by atoms with Gasteiger partial charge >= 0.3 is 0 Å². The van der Waals surface area contributed by atoms with E-state index >= 15 is 0 Å². The highest BCUT2D eigenvalue weighted by atomic mass is 32.2. The van der Waals surface area contributed by atoms with Gasteiger partial charge in [-0.05, 0) is 18.4 Å². The van der Waals surface area contributed by atoms with Crippen molar-refractivity contribution >= 4 is 39.2 Å². The number of carbonyl (C=O) groups excluding carboxylic acids is 1. The van der Waals surface area contributed by atoms with Crippen LogP contribution < -0.4 is 5.56 Å². The van der Waals surface area contributed by atoms with Crippen molar-refractivity contribution in [2.45, 2.75) is 31.5 Å². The molecule has 0 fully saturated rings. The molecule has 2 heterocycles. The number of nitriles is 2. The molecular weight excluding hydrogens is 358 g/mol. The van der Waals surface area contributed by atoms with E-state index in [9.17, 15) is 9.59 Å². The monoisotopic (exact) mass is 375 g/mol. The van der Waals surface area contributed by atoms with Crippen LogP contribution in [0.15, 0.2) is 21.4 Å². The first-order valence-electron chi connectivity index (χ1n) is 7.74. The predicted molar refractivity (Wildman–Crippen MR) is 97.3 cm³/mol. The topological polar surface area (TPSA) is 103 Å². The minimum atomic E-state index is -0.169. The smallest absolute Gasteiger partial charge is 0.272 e. The van der Waals surface area contributed by atoms with Crippen molar-refractivity contribution < 1.29 is 4.79 Å². The maximum atomic E-state index is 12.5. The largest absolute Gasteiger partial charge is 0.340 e. The van der Waals surface area contributed by atoms with Gasteiger partial charge in [-0.25, -0.2) is 4.98 Å².